The van der Waals surface area contributed by atoms with Gasteiger partial charge in [-0.1, -0.05) is 36.2 Å². The number of aryl methyl sites for hydroxylation is 1. The van der Waals surface area contributed by atoms with Crippen LogP contribution >= 0.6 is 23.2 Å². The average molecular weight is 459 g/mol. The van der Waals surface area contributed by atoms with E-state index in [1.807, 2.05) is 17.9 Å². The molecule has 0 atom stereocenters. The summed E-state index contributed by atoms with van der Waals surface area (Å²) < 4.78 is 0. The van der Waals surface area contributed by atoms with Crippen LogP contribution in [0.2, 0.25) is 10.0 Å². The smallest absolute Gasteiger partial charge is 0.258 e. The SMILES string of the molecule is CCc1cc(Nc2cc(NC(=O)c3c(Cl)cccc3Cl)ccn2)nc(N2CC(O)C2)n1. The molecule has 8 nitrogen and oxygen atoms in total. The van der Waals surface area contributed by atoms with Gasteiger partial charge in [-0.25, -0.2) is 9.97 Å². The third-order valence-corrected chi connectivity index (χ3v) is 5.37. The normalized spacial score (nSPS) is 13.6. The molecule has 3 heterocycles. The lowest BCUT2D eigenvalue weighted by atomic mass is 10.2. The van der Waals surface area contributed by atoms with Crippen molar-refractivity contribution in [3.63, 3.8) is 0 Å². The van der Waals surface area contributed by atoms with Gasteiger partial charge >= 0.3 is 0 Å². The first-order valence-corrected chi connectivity index (χ1v) is 10.5. The molecule has 31 heavy (non-hydrogen) atoms. The van der Waals surface area contributed by atoms with Crippen molar-refractivity contribution in [1.82, 2.24) is 15.0 Å². The van der Waals surface area contributed by atoms with Crippen LogP contribution in [0.5, 0.6) is 0 Å². The molecule has 0 bridgehead atoms. The Labute approximate surface area is 189 Å². The topological polar surface area (TPSA) is 103 Å². The minimum atomic E-state index is -0.415. The van der Waals surface area contributed by atoms with Crippen molar-refractivity contribution in [2.24, 2.45) is 0 Å². The number of anilines is 4. The lowest BCUT2D eigenvalue weighted by Crippen LogP contribution is -2.51. The molecule has 4 rings (SSSR count). The van der Waals surface area contributed by atoms with Gasteiger partial charge in [-0.15, -0.1) is 0 Å². The summed E-state index contributed by atoms with van der Waals surface area (Å²) in [7, 11) is 0. The molecule has 1 aliphatic rings. The first-order valence-electron chi connectivity index (χ1n) is 9.72. The Balaban J connectivity index is 1.52. The van der Waals surface area contributed by atoms with Crippen LogP contribution in [0.1, 0.15) is 23.0 Å². The highest BCUT2D eigenvalue weighted by atomic mass is 35.5. The van der Waals surface area contributed by atoms with Crippen molar-refractivity contribution in [1.29, 1.82) is 0 Å². The van der Waals surface area contributed by atoms with E-state index in [0.717, 1.165) is 12.1 Å². The van der Waals surface area contributed by atoms with E-state index in [0.29, 0.717) is 36.4 Å². The number of benzene rings is 1. The fourth-order valence-electron chi connectivity index (χ4n) is 3.10. The number of nitrogens with one attached hydrogen (secondary N) is 2. The fraction of sp³-hybridized carbons (Fsp3) is 0.238. The van der Waals surface area contributed by atoms with Gasteiger partial charge in [-0.2, -0.15) is 4.98 Å². The summed E-state index contributed by atoms with van der Waals surface area (Å²) >= 11 is 12.2. The molecule has 3 aromatic rings. The summed E-state index contributed by atoms with van der Waals surface area (Å²) in [6, 6.07) is 10.1. The number of aliphatic hydroxyl groups excluding tert-OH is 1. The van der Waals surface area contributed by atoms with Crippen molar-refractivity contribution in [3.05, 3.63) is 63.9 Å². The number of β-amino-alcohol motifs (C(OH)–C–C–N with tert-alkyl or cyclic N) is 1. The van der Waals surface area contributed by atoms with E-state index in [4.69, 9.17) is 23.2 Å². The van der Waals surface area contributed by atoms with Gasteiger partial charge in [0.2, 0.25) is 5.95 Å². The minimum Gasteiger partial charge on any atom is -0.389 e. The summed E-state index contributed by atoms with van der Waals surface area (Å²) in [5.74, 6) is 1.22. The number of hydrogen-bond donors (Lipinski definition) is 3. The van der Waals surface area contributed by atoms with E-state index >= 15 is 0 Å². The third-order valence-electron chi connectivity index (χ3n) is 4.74. The molecule has 0 aliphatic carbocycles. The predicted molar refractivity (Wildman–Crippen MR) is 122 cm³/mol. The summed E-state index contributed by atoms with van der Waals surface area (Å²) in [6.07, 6.45) is 1.96. The fourth-order valence-corrected chi connectivity index (χ4v) is 3.67. The monoisotopic (exact) mass is 458 g/mol. The Morgan fingerprint density at radius 2 is 1.90 bits per heavy atom. The van der Waals surface area contributed by atoms with Gasteiger partial charge in [-0.3, -0.25) is 4.79 Å². The van der Waals surface area contributed by atoms with Crippen LogP contribution in [-0.2, 0) is 6.42 Å². The number of nitrogens with zero attached hydrogens (tertiary/aromatic N) is 4. The Hall–Kier alpha value is -2.94. The van der Waals surface area contributed by atoms with Crippen molar-refractivity contribution in [2.45, 2.75) is 19.4 Å². The molecular formula is C21H20Cl2N6O2. The Morgan fingerprint density at radius 1 is 1.16 bits per heavy atom. The van der Waals surface area contributed by atoms with E-state index in [-0.39, 0.29) is 21.7 Å². The number of pyridine rings is 1. The minimum absolute atomic E-state index is 0.210. The van der Waals surface area contributed by atoms with Crippen molar-refractivity contribution in [3.8, 4) is 0 Å². The lowest BCUT2D eigenvalue weighted by Gasteiger charge is -2.36. The Bertz CT molecular complexity index is 1100. The number of aromatic nitrogens is 3. The van der Waals surface area contributed by atoms with Crippen LogP contribution in [0.4, 0.5) is 23.3 Å². The van der Waals surface area contributed by atoms with Gasteiger partial charge in [0.05, 0.1) is 21.7 Å². The van der Waals surface area contributed by atoms with Gasteiger partial charge in [0.15, 0.2) is 0 Å². The molecule has 0 unspecified atom stereocenters. The molecule has 1 fully saturated rings. The third kappa shape index (κ3) is 4.87. The molecule has 1 saturated heterocycles. The number of carbonyl (C=O) groups excluding carboxylic acids is 1. The first-order chi connectivity index (χ1) is 14.9. The maximum absolute atomic E-state index is 12.6. The highest BCUT2D eigenvalue weighted by molar-refractivity contribution is 6.40. The van der Waals surface area contributed by atoms with Crippen LogP contribution in [0.15, 0.2) is 42.6 Å². The maximum Gasteiger partial charge on any atom is 0.258 e. The average Bonchev–Trinajstić information content (AvgIpc) is 2.71. The second-order valence-corrected chi connectivity index (χ2v) is 7.88. The number of carbonyl (C=O) groups is 1. The van der Waals surface area contributed by atoms with Crippen molar-refractivity contribution in [2.75, 3.05) is 28.6 Å². The molecule has 1 amide bonds. The second kappa shape index (κ2) is 9.05. The van der Waals surface area contributed by atoms with E-state index in [9.17, 15) is 9.90 Å². The number of halogens is 2. The predicted octanol–water partition coefficient (Wildman–Crippen LogP) is 3.92. The zero-order chi connectivity index (χ0) is 22.0. The number of aliphatic hydroxyl groups is 1. The molecule has 0 saturated carbocycles. The highest BCUT2D eigenvalue weighted by Gasteiger charge is 2.27. The quantitative estimate of drug-likeness (QED) is 0.514. The summed E-state index contributed by atoms with van der Waals surface area (Å²) in [6.45, 7) is 3.03. The molecule has 160 valence electrons. The zero-order valence-corrected chi connectivity index (χ0v) is 18.2. The van der Waals surface area contributed by atoms with E-state index < -0.39 is 5.91 Å². The molecule has 1 aliphatic heterocycles. The molecular weight excluding hydrogens is 439 g/mol. The summed E-state index contributed by atoms with van der Waals surface area (Å²) in [4.78, 5) is 27.9. The molecule has 1 aromatic carbocycles. The van der Waals surface area contributed by atoms with Gasteiger partial charge < -0.3 is 20.6 Å². The van der Waals surface area contributed by atoms with Gasteiger partial charge in [0, 0.05) is 42.8 Å². The molecule has 0 radical (unpaired) electrons. The van der Waals surface area contributed by atoms with Crippen LogP contribution in [-0.4, -0.2) is 45.2 Å². The molecule has 3 N–H and O–H groups in total. The number of amides is 1. The molecule has 10 heteroatoms. The van der Waals surface area contributed by atoms with Gasteiger partial charge in [0.25, 0.3) is 5.91 Å². The van der Waals surface area contributed by atoms with Gasteiger partial charge in [0.1, 0.15) is 11.6 Å². The zero-order valence-electron chi connectivity index (χ0n) is 16.6. The van der Waals surface area contributed by atoms with E-state index in [1.165, 1.54) is 0 Å². The van der Waals surface area contributed by atoms with Crippen molar-refractivity contribution >= 4 is 52.4 Å². The molecule has 0 spiro atoms. The molecule has 2 aromatic heterocycles. The highest BCUT2D eigenvalue weighted by Crippen LogP contribution is 2.26. The summed E-state index contributed by atoms with van der Waals surface area (Å²) in [5, 5.41) is 16.0. The van der Waals surface area contributed by atoms with Crippen LogP contribution < -0.4 is 15.5 Å². The largest absolute Gasteiger partial charge is 0.389 e. The van der Waals surface area contributed by atoms with Crippen molar-refractivity contribution < 1.29 is 9.90 Å². The standard InChI is InChI=1S/C21H20Cl2N6O2/c1-2-12-8-18(28-21(26-12)29-10-14(30)11-29)27-17-9-13(6-7-24-17)25-20(31)19-15(22)4-3-5-16(19)23/h3-9,14,30H,2,10-11H2,1H3,(H2,24,25,26,27,28,31). The second-order valence-electron chi connectivity index (χ2n) is 7.06. The lowest BCUT2D eigenvalue weighted by molar-refractivity contribution is 0.102. The Morgan fingerprint density at radius 3 is 2.58 bits per heavy atom. The van der Waals surface area contributed by atoms with Crippen LogP contribution in [0.25, 0.3) is 0 Å². The maximum atomic E-state index is 12.6. The number of hydrogen-bond acceptors (Lipinski definition) is 7. The van der Waals surface area contributed by atoms with E-state index in [1.54, 1.807) is 36.5 Å². The van der Waals surface area contributed by atoms with Gasteiger partial charge in [-0.05, 0) is 24.6 Å². The van der Waals surface area contributed by atoms with Crippen LogP contribution in [0.3, 0.4) is 0 Å². The van der Waals surface area contributed by atoms with E-state index in [2.05, 4.69) is 25.6 Å². The Kier molecular flexibility index (Phi) is 6.22. The first kappa shape index (κ1) is 21.3. The summed E-state index contributed by atoms with van der Waals surface area (Å²) in [5.41, 5.74) is 1.60. The van der Waals surface area contributed by atoms with Crippen LogP contribution in [0, 0.1) is 0 Å². The number of rotatable bonds is 6.